The molecule has 2 N–H and O–H groups in total. The van der Waals surface area contributed by atoms with E-state index in [0.29, 0.717) is 11.8 Å². The molecule has 2 nitrogen and oxygen atoms in total. The summed E-state index contributed by atoms with van der Waals surface area (Å²) in [4.78, 5) is 0. The van der Waals surface area contributed by atoms with Crippen LogP contribution in [0.1, 0.15) is 0 Å². The van der Waals surface area contributed by atoms with Gasteiger partial charge in [0.25, 0.3) is 0 Å². The van der Waals surface area contributed by atoms with E-state index in [-0.39, 0.29) is 0 Å². The van der Waals surface area contributed by atoms with Crippen LogP contribution in [0.3, 0.4) is 0 Å². The van der Waals surface area contributed by atoms with Crippen molar-refractivity contribution in [3.63, 3.8) is 0 Å². The van der Waals surface area contributed by atoms with Crippen molar-refractivity contribution >= 4 is 23.2 Å². The number of hydrogen-bond donors (Lipinski definition) is 2. The maximum atomic E-state index is 5.05. The first kappa shape index (κ1) is 10.5. The second-order valence-corrected chi connectivity index (χ2v) is 2.63. The number of halogens is 2. The zero-order chi connectivity index (χ0) is 7.66. The molecule has 1 heterocycles. The van der Waals surface area contributed by atoms with Crippen LogP contribution >= 0.6 is 23.2 Å². The molecule has 0 spiro atoms. The highest BCUT2D eigenvalue weighted by Crippen LogP contribution is 1.75. The van der Waals surface area contributed by atoms with E-state index in [1.165, 1.54) is 0 Å². The smallest absolute Gasteiger partial charge is 0.0359 e. The van der Waals surface area contributed by atoms with Crippen LogP contribution < -0.4 is 10.6 Å². The second-order valence-electron chi connectivity index (χ2n) is 1.88. The van der Waals surface area contributed by atoms with E-state index >= 15 is 0 Å². The van der Waals surface area contributed by atoms with Crippen LogP contribution in [-0.4, -0.2) is 37.9 Å². The van der Waals surface area contributed by atoms with Crippen LogP contribution in [0.5, 0.6) is 0 Å². The summed E-state index contributed by atoms with van der Waals surface area (Å²) in [6, 6.07) is 0. The van der Waals surface area contributed by atoms with Gasteiger partial charge in [0.05, 0.1) is 0 Å². The Kier molecular flexibility index (Phi) is 9.97. The van der Waals surface area contributed by atoms with Gasteiger partial charge in [-0.1, -0.05) is 0 Å². The molecule has 0 saturated carbocycles. The van der Waals surface area contributed by atoms with Gasteiger partial charge in [-0.2, -0.15) is 0 Å². The molecule has 1 fully saturated rings. The molecule has 4 heteroatoms. The van der Waals surface area contributed by atoms with Gasteiger partial charge in [0.2, 0.25) is 0 Å². The second kappa shape index (κ2) is 9.50. The van der Waals surface area contributed by atoms with E-state index in [0.717, 1.165) is 26.2 Å². The van der Waals surface area contributed by atoms with Crippen molar-refractivity contribution < 1.29 is 0 Å². The van der Waals surface area contributed by atoms with Crippen LogP contribution in [-0.2, 0) is 0 Å². The van der Waals surface area contributed by atoms with Crippen molar-refractivity contribution in [3.05, 3.63) is 0 Å². The average Bonchev–Trinajstić information content (AvgIpc) is 2.08. The summed E-state index contributed by atoms with van der Waals surface area (Å²) in [5.41, 5.74) is 0. The van der Waals surface area contributed by atoms with Crippen LogP contribution in [0, 0.1) is 0 Å². The maximum absolute atomic E-state index is 5.05. The Hall–Kier alpha value is 0.500. The zero-order valence-corrected chi connectivity index (χ0v) is 7.51. The molecule has 1 rings (SSSR count). The summed E-state index contributed by atoms with van der Waals surface area (Å²) in [5, 5.41) is 6.44. The van der Waals surface area contributed by atoms with E-state index in [1.807, 2.05) is 0 Å². The molecule has 62 valence electrons. The normalized spacial score (nSPS) is 17.4. The van der Waals surface area contributed by atoms with Crippen LogP contribution in [0.2, 0.25) is 0 Å². The molecule has 0 radical (unpaired) electrons. The Labute approximate surface area is 72.3 Å². The topological polar surface area (TPSA) is 24.1 Å². The van der Waals surface area contributed by atoms with Crippen molar-refractivity contribution in [2.75, 3.05) is 37.9 Å². The molecule has 1 aliphatic rings. The molecule has 0 aromatic rings. The third-order valence-electron chi connectivity index (χ3n) is 1.03. The van der Waals surface area contributed by atoms with Crippen molar-refractivity contribution in [2.45, 2.75) is 0 Å². The van der Waals surface area contributed by atoms with Gasteiger partial charge >= 0.3 is 0 Å². The van der Waals surface area contributed by atoms with E-state index in [1.54, 1.807) is 0 Å². The predicted octanol–water partition coefficient (Wildman–Crippen LogP) is 0.643. The predicted molar refractivity (Wildman–Crippen MR) is 47.2 cm³/mol. The molecule has 0 aromatic carbocycles. The number of nitrogens with one attached hydrogen (secondary N) is 2. The molecule has 10 heavy (non-hydrogen) atoms. The van der Waals surface area contributed by atoms with Gasteiger partial charge in [0.15, 0.2) is 0 Å². The quantitative estimate of drug-likeness (QED) is 0.586. The van der Waals surface area contributed by atoms with Gasteiger partial charge < -0.3 is 10.6 Å². The number of alkyl halides is 2. The SMILES string of the molecule is C1CNCCN1.ClCCCl. The summed E-state index contributed by atoms with van der Waals surface area (Å²) in [5.74, 6) is 1.11. The fraction of sp³-hybridized carbons (Fsp3) is 1.00. The van der Waals surface area contributed by atoms with Gasteiger partial charge in [-0.15, -0.1) is 23.2 Å². The van der Waals surface area contributed by atoms with Gasteiger partial charge in [0.1, 0.15) is 0 Å². The Morgan fingerprint density at radius 3 is 1.20 bits per heavy atom. The lowest BCUT2D eigenvalue weighted by Crippen LogP contribution is -2.39. The van der Waals surface area contributed by atoms with Gasteiger partial charge in [-0.3, -0.25) is 0 Å². The van der Waals surface area contributed by atoms with E-state index in [2.05, 4.69) is 10.6 Å². The lowest BCUT2D eigenvalue weighted by molar-refractivity contribution is 0.534. The van der Waals surface area contributed by atoms with E-state index in [4.69, 9.17) is 23.2 Å². The minimum Gasteiger partial charge on any atom is -0.314 e. The molecule has 1 saturated heterocycles. The summed E-state index contributed by atoms with van der Waals surface area (Å²) >= 11 is 10.1. The molecule has 0 amide bonds. The fourth-order valence-electron chi connectivity index (χ4n) is 0.604. The first-order valence-corrected chi connectivity index (χ1v) is 4.52. The van der Waals surface area contributed by atoms with Crippen LogP contribution in [0.15, 0.2) is 0 Å². The highest BCUT2D eigenvalue weighted by atomic mass is 35.5. The lowest BCUT2D eigenvalue weighted by atomic mass is 10.4. The Balaban J connectivity index is 0.000000180. The highest BCUT2D eigenvalue weighted by Gasteiger charge is 1.91. The fourth-order valence-corrected chi connectivity index (χ4v) is 0.604. The minimum absolute atomic E-state index is 0.557. The third kappa shape index (κ3) is 8.50. The molecule has 0 atom stereocenters. The Bertz CT molecular complexity index is 44.2. The minimum atomic E-state index is 0.557. The molecular weight excluding hydrogens is 171 g/mol. The number of rotatable bonds is 1. The third-order valence-corrected chi connectivity index (χ3v) is 1.60. The van der Waals surface area contributed by atoms with Gasteiger partial charge in [0, 0.05) is 37.9 Å². The standard InChI is InChI=1S/C4H10N2.C2H4Cl2/c1-2-6-4-3-5-1;3-1-2-4/h5-6H,1-4H2;1-2H2. The molecule has 0 aliphatic carbocycles. The monoisotopic (exact) mass is 184 g/mol. The van der Waals surface area contributed by atoms with Crippen molar-refractivity contribution in [1.29, 1.82) is 0 Å². The van der Waals surface area contributed by atoms with Crippen molar-refractivity contribution in [3.8, 4) is 0 Å². The largest absolute Gasteiger partial charge is 0.314 e. The molecule has 0 unspecified atom stereocenters. The molecule has 0 aromatic heterocycles. The summed E-state index contributed by atoms with van der Waals surface area (Å²) < 4.78 is 0. The molecule has 0 bridgehead atoms. The number of piperazine rings is 1. The van der Waals surface area contributed by atoms with E-state index < -0.39 is 0 Å². The number of hydrogen-bond acceptors (Lipinski definition) is 2. The Morgan fingerprint density at radius 1 is 0.800 bits per heavy atom. The van der Waals surface area contributed by atoms with Crippen LogP contribution in [0.25, 0.3) is 0 Å². The molecular formula is C6H14Cl2N2. The summed E-state index contributed by atoms with van der Waals surface area (Å²) in [6.07, 6.45) is 0. The van der Waals surface area contributed by atoms with Crippen LogP contribution in [0.4, 0.5) is 0 Å². The first-order valence-electron chi connectivity index (χ1n) is 3.45. The van der Waals surface area contributed by atoms with Gasteiger partial charge in [-0.25, -0.2) is 0 Å². The highest BCUT2D eigenvalue weighted by molar-refractivity contribution is 6.25. The van der Waals surface area contributed by atoms with E-state index in [9.17, 15) is 0 Å². The van der Waals surface area contributed by atoms with Crippen molar-refractivity contribution in [2.24, 2.45) is 0 Å². The lowest BCUT2D eigenvalue weighted by Gasteiger charge is -2.11. The average molecular weight is 185 g/mol. The maximum Gasteiger partial charge on any atom is 0.0359 e. The molecule has 1 aliphatic heterocycles. The Morgan fingerprint density at radius 2 is 1.10 bits per heavy atom. The summed E-state index contributed by atoms with van der Waals surface area (Å²) in [6.45, 7) is 4.56. The zero-order valence-electron chi connectivity index (χ0n) is 6.00. The van der Waals surface area contributed by atoms with Gasteiger partial charge in [-0.05, 0) is 0 Å². The summed E-state index contributed by atoms with van der Waals surface area (Å²) in [7, 11) is 0. The van der Waals surface area contributed by atoms with Crippen molar-refractivity contribution in [1.82, 2.24) is 10.6 Å². The first-order chi connectivity index (χ1) is 4.91.